The molecule has 0 aliphatic heterocycles. The van der Waals surface area contributed by atoms with Gasteiger partial charge in [-0.2, -0.15) is 0 Å². The highest BCUT2D eigenvalue weighted by atomic mass is 35.5. The van der Waals surface area contributed by atoms with E-state index >= 15 is 0 Å². The number of anilines is 1. The third-order valence-electron chi connectivity index (χ3n) is 3.00. The van der Waals surface area contributed by atoms with Crippen LogP contribution in [0.15, 0.2) is 48.7 Å². The van der Waals surface area contributed by atoms with Crippen molar-refractivity contribution in [1.82, 2.24) is 15.0 Å². The van der Waals surface area contributed by atoms with E-state index in [2.05, 4.69) is 15.6 Å². The van der Waals surface area contributed by atoms with E-state index < -0.39 is 17.5 Å². The average Bonchev–Trinajstić information content (AvgIpc) is 3.01. The maximum absolute atomic E-state index is 13.5. The van der Waals surface area contributed by atoms with Crippen molar-refractivity contribution in [3.05, 3.63) is 71.0 Å². The SMILES string of the molecule is O=C(Nc1ccc(F)cc1F)c1cn(-c2ccc(Cl)cc2)nn1. The summed E-state index contributed by atoms with van der Waals surface area (Å²) in [5.74, 6) is -2.26. The molecule has 3 rings (SSSR count). The first kappa shape index (κ1) is 15.1. The molecule has 0 atom stereocenters. The molecule has 0 radical (unpaired) electrons. The van der Waals surface area contributed by atoms with Gasteiger partial charge in [0.05, 0.1) is 17.6 Å². The Labute approximate surface area is 134 Å². The van der Waals surface area contributed by atoms with E-state index in [9.17, 15) is 13.6 Å². The topological polar surface area (TPSA) is 59.8 Å². The Morgan fingerprint density at radius 1 is 1.13 bits per heavy atom. The molecule has 0 aliphatic rings. The zero-order chi connectivity index (χ0) is 16.4. The highest BCUT2D eigenvalue weighted by Gasteiger charge is 2.14. The minimum absolute atomic E-state index is 0.0105. The van der Waals surface area contributed by atoms with Gasteiger partial charge in [0.15, 0.2) is 5.69 Å². The predicted molar refractivity (Wildman–Crippen MR) is 80.7 cm³/mol. The van der Waals surface area contributed by atoms with Gasteiger partial charge >= 0.3 is 0 Å². The van der Waals surface area contributed by atoms with E-state index in [0.717, 1.165) is 12.1 Å². The van der Waals surface area contributed by atoms with Crippen LogP contribution in [0.3, 0.4) is 0 Å². The van der Waals surface area contributed by atoms with Crippen molar-refractivity contribution >= 4 is 23.2 Å². The lowest BCUT2D eigenvalue weighted by Crippen LogP contribution is -2.13. The summed E-state index contributed by atoms with van der Waals surface area (Å²) in [6, 6.07) is 9.62. The lowest BCUT2D eigenvalue weighted by Gasteiger charge is -2.04. The smallest absolute Gasteiger partial charge is 0.277 e. The summed E-state index contributed by atoms with van der Waals surface area (Å²) in [5.41, 5.74) is 0.509. The molecule has 3 aromatic rings. The third-order valence-corrected chi connectivity index (χ3v) is 3.25. The number of hydrogen-bond acceptors (Lipinski definition) is 3. The third kappa shape index (κ3) is 3.35. The van der Waals surface area contributed by atoms with Gasteiger partial charge in [0, 0.05) is 11.1 Å². The quantitative estimate of drug-likeness (QED) is 0.798. The Morgan fingerprint density at radius 3 is 2.57 bits per heavy atom. The number of nitrogens with one attached hydrogen (secondary N) is 1. The second kappa shape index (κ2) is 6.13. The van der Waals surface area contributed by atoms with E-state index in [-0.39, 0.29) is 11.4 Å². The van der Waals surface area contributed by atoms with Crippen molar-refractivity contribution in [3.8, 4) is 5.69 Å². The van der Waals surface area contributed by atoms with E-state index in [1.807, 2.05) is 0 Å². The summed E-state index contributed by atoms with van der Waals surface area (Å²) in [4.78, 5) is 12.0. The molecule has 116 valence electrons. The zero-order valence-corrected chi connectivity index (χ0v) is 12.3. The monoisotopic (exact) mass is 334 g/mol. The summed E-state index contributed by atoms with van der Waals surface area (Å²) in [6.07, 6.45) is 1.39. The van der Waals surface area contributed by atoms with E-state index in [1.165, 1.54) is 10.9 Å². The number of nitrogens with zero attached hydrogens (tertiary/aromatic N) is 3. The van der Waals surface area contributed by atoms with Crippen LogP contribution in [0.4, 0.5) is 14.5 Å². The van der Waals surface area contributed by atoms with Crippen molar-refractivity contribution in [2.24, 2.45) is 0 Å². The molecule has 1 N–H and O–H groups in total. The molecule has 0 saturated heterocycles. The average molecular weight is 335 g/mol. The molecule has 1 aromatic heterocycles. The van der Waals surface area contributed by atoms with Gasteiger partial charge in [-0.25, -0.2) is 13.5 Å². The van der Waals surface area contributed by atoms with Crippen molar-refractivity contribution in [2.45, 2.75) is 0 Å². The highest BCUT2D eigenvalue weighted by Crippen LogP contribution is 2.16. The molecule has 0 fully saturated rings. The molecule has 0 spiro atoms. The van der Waals surface area contributed by atoms with Gasteiger partial charge < -0.3 is 5.32 Å². The fourth-order valence-electron chi connectivity index (χ4n) is 1.87. The van der Waals surface area contributed by atoms with E-state index in [0.29, 0.717) is 16.8 Å². The Balaban J connectivity index is 1.79. The lowest BCUT2D eigenvalue weighted by molar-refractivity contribution is 0.102. The Kier molecular flexibility index (Phi) is 4.03. The second-order valence-electron chi connectivity index (χ2n) is 4.60. The Hall–Kier alpha value is -2.80. The lowest BCUT2D eigenvalue weighted by atomic mass is 10.3. The van der Waals surface area contributed by atoms with Crippen LogP contribution in [-0.2, 0) is 0 Å². The fraction of sp³-hybridized carbons (Fsp3) is 0. The second-order valence-corrected chi connectivity index (χ2v) is 5.04. The normalized spacial score (nSPS) is 10.6. The first-order valence-electron chi connectivity index (χ1n) is 6.47. The summed E-state index contributed by atoms with van der Waals surface area (Å²) in [5, 5.41) is 10.4. The van der Waals surface area contributed by atoms with E-state index in [4.69, 9.17) is 11.6 Å². The van der Waals surface area contributed by atoms with Crippen LogP contribution in [0, 0.1) is 11.6 Å². The van der Waals surface area contributed by atoms with Crippen LogP contribution in [0.1, 0.15) is 10.5 Å². The van der Waals surface area contributed by atoms with Gasteiger partial charge in [-0.15, -0.1) is 5.10 Å². The predicted octanol–water partition coefficient (Wildman–Crippen LogP) is 3.45. The van der Waals surface area contributed by atoms with Gasteiger partial charge in [0.1, 0.15) is 11.6 Å². The molecule has 0 aliphatic carbocycles. The first-order valence-corrected chi connectivity index (χ1v) is 6.85. The van der Waals surface area contributed by atoms with Crippen LogP contribution in [-0.4, -0.2) is 20.9 Å². The minimum atomic E-state index is -0.872. The number of hydrogen-bond donors (Lipinski definition) is 1. The zero-order valence-electron chi connectivity index (χ0n) is 11.5. The van der Waals surface area contributed by atoms with Gasteiger partial charge in [-0.1, -0.05) is 16.8 Å². The van der Waals surface area contributed by atoms with Crippen LogP contribution < -0.4 is 5.32 Å². The standard InChI is InChI=1S/C15H9ClF2N4O/c16-9-1-4-11(5-2-9)22-8-14(20-21-22)15(23)19-13-6-3-10(17)7-12(13)18/h1-8H,(H,19,23). The highest BCUT2D eigenvalue weighted by molar-refractivity contribution is 6.30. The number of amides is 1. The number of carbonyl (C=O) groups excluding carboxylic acids is 1. The molecule has 1 heterocycles. The molecule has 0 bridgehead atoms. The molecule has 23 heavy (non-hydrogen) atoms. The maximum Gasteiger partial charge on any atom is 0.277 e. The van der Waals surface area contributed by atoms with Gasteiger partial charge in [-0.3, -0.25) is 4.79 Å². The van der Waals surface area contributed by atoms with E-state index in [1.54, 1.807) is 24.3 Å². The Morgan fingerprint density at radius 2 is 1.87 bits per heavy atom. The van der Waals surface area contributed by atoms with Crippen molar-refractivity contribution in [1.29, 1.82) is 0 Å². The number of rotatable bonds is 3. The summed E-state index contributed by atoms with van der Waals surface area (Å²) in [6.45, 7) is 0. The molecule has 0 saturated carbocycles. The molecular formula is C15H9ClF2N4O. The summed E-state index contributed by atoms with van der Waals surface area (Å²) in [7, 11) is 0. The van der Waals surface area contributed by atoms with Crippen LogP contribution in [0.2, 0.25) is 5.02 Å². The van der Waals surface area contributed by atoms with Crippen molar-refractivity contribution in [2.75, 3.05) is 5.32 Å². The van der Waals surface area contributed by atoms with Gasteiger partial charge in [-0.05, 0) is 36.4 Å². The number of aromatic nitrogens is 3. The summed E-state index contributed by atoms with van der Waals surface area (Å²) < 4.78 is 27.7. The molecule has 1 amide bonds. The number of carbonyl (C=O) groups is 1. The molecular weight excluding hydrogens is 326 g/mol. The summed E-state index contributed by atoms with van der Waals surface area (Å²) >= 11 is 5.80. The van der Waals surface area contributed by atoms with Crippen LogP contribution >= 0.6 is 11.6 Å². The molecule has 2 aromatic carbocycles. The van der Waals surface area contributed by atoms with Crippen molar-refractivity contribution < 1.29 is 13.6 Å². The first-order chi connectivity index (χ1) is 11.0. The van der Waals surface area contributed by atoms with Crippen LogP contribution in [0.25, 0.3) is 5.69 Å². The maximum atomic E-state index is 13.5. The number of benzene rings is 2. The molecule has 0 unspecified atom stereocenters. The fourth-order valence-corrected chi connectivity index (χ4v) is 1.99. The Bertz CT molecular complexity index is 864. The minimum Gasteiger partial charge on any atom is -0.318 e. The molecule has 8 heteroatoms. The van der Waals surface area contributed by atoms with Crippen LogP contribution in [0.5, 0.6) is 0 Å². The van der Waals surface area contributed by atoms with Gasteiger partial charge in [0.25, 0.3) is 5.91 Å². The largest absolute Gasteiger partial charge is 0.318 e. The number of halogens is 3. The van der Waals surface area contributed by atoms with Gasteiger partial charge in [0.2, 0.25) is 0 Å². The molecule has 5 nitrogen and oxygen atoms in total. The van der Waals surface area contributed by atoms with Crippen molar-refractivity contribution in [3.63, 3.8) is 0 Å².